The minimum absolute atomic E-state index is 0.459. The molecule has 3 rings (SSSR count). The summed E-state index contributed by atoms with van der Waals surface area (Å²) in [6.45, 7) is 2.01. The van der Waals surface area contributed by atoms with Crippen molar-refractivity contribution in [3.63, 3.8) is 0 Å². The van der Waals surface area contributed by atoms with Crippen LogP contribution in [-0.2, 0) is 0 Å². The van der Waals surface area contributed by atoms with Gasteiger partial charge >= 0.3 is 0 Å². The van der Waals surface area contributed by atoms with E-state index in [0.717, 1.165) is 16.9 Å². The van der Waals surface area contributed by atoms with Gasteiger partial charge in [-0.15, -0.1) is 10.2 Å². The van der Waals surface area contributed by atoms with E-state index < -0.39 is 0 Å². The molecule has 0 aliphatic heterocycles. The first kappa shape index (κ1) is 11.9. The number of aryl methyl sites for hydroxylation is 1. The molecule has 3 aromatic rings. The Balaban J connectivity index is 2.33. The van der Waals surface area contributed by atoms with Gasteiger partial charge in [-0.1, -0.05) is 23.2 Å². The number of fused-ring (bicyclic) bond motifs is 1. The number of hydrogen-bond donors (Lipinski definition) is 0. The summed E-state index contributed by atoms with van der Waals surface area (Å²) >= 11 is 6.17. The first-order chi connectivity index (χ1) is 9.20. The molecule has 0 fully saturated rings. The highest BCUT2D eigenvalue weighted by atomic mass is 35.5. The summed E-state index contributed by atoms with van der Waals surface area (Å²) in [6, 6.07) is 5.88. The van der Waals surface area contributed by atoms with Crippen LogP contribution in [0.15, 0.2) is 30.6 Å². The highest BCUT2D eigenvalue weighted by Gasteiger charge is 2.15. The van der Waals surface area contributed by atoms with Crippen molar-refractivity contribution >= 4 is 17.2 Å². The second-order valence-electron chi connectivity index (χ2n) is 4.15. The van der Waals surface area contributed by atoms with E-state index in [4.69, 9.17) is 16.3 Å². The number of halogens is 1. The van der Waals surface area contributed by atoms with Crippen molar-refractivity contribution in [1.82, 2.24) is 19.6 Å². The zero-order chi connectivity index (χ0) is 13.4. The fraction of sp³-hybridized carbons (Fsp3) is 0.154. The molecular weight excluding hydrogens is 264 g/mol. The lowest BCUT2D eigenvalue weighted by molar-refractivity contribution is 0.416. The summed E-state index contributed by atoms with van der Waals surface area (Å²) in [6.07, 6.45) is 3.17. The van der Waals surface area contributed by atoms with E-state index in [-0.39, 0.29) is 0 Å². The maximum atomic E-state index is 6.17. The normalized spacial score (nSPS) is 10.9. The Morgan fingerprint density at radius 2 is 2.05 bits per heavy atom. The standard InChI is InChI=1S/C13H11ClN4O/c1-8-3-4-10(19-2)9(5-8)13-17-16-12-7-15-6-11(14)18(12)13/h3-7H,1-2H3. The molecule has 2 aromatic heterocycles. The molecule has 0 spiro atoms. The Hall–Kier alpha value is -2.14. The van der Waals surface area contributed by atoms with Gasteiger partial charge in [0.25, 0.3) is 0 Å². The predicted octanol–water partition coefficient (Wildman–Crippen LogP) is 2.76. The molecule has 0 unspecified atom stereocenters. The third kappa shape index (κ3) is 1.92. The minimum Gasteiger partial charge on any atom is -0.496 e. The van der Waals surface area contributed by atoms with Gasteiger partial charge in [-0.25, -0.2) is 0 Å². The molecule has 2 heterocycles. The van der Waals surface area contributed by atoms with Gasteiger partial charge < -0.3 is 4.74 Å². The topological polar surface area (TPSA) is 52.3 Å². The molecule has 0 bridgehead atoms. The second-order valence-corrected chi connectivity index (χ2v) is 4.54. The van der Waals surface area contributed by atoms with Crippen LogP contribution >= 0.6 is 11.6 Å². The van der Waals surface area contributed by atoms with E-state index in [1.54, 1.807) is 23.9 Å². The zero-order valence-electron chi connectivity index (χ0n) is 10.5. The van der Waals surface area contributed by atoms with Gasteiger partial charge in [0.15, 0.2) is 11.5 Å². The van der Waals surface area contributed by atoms with E-state index in [0.29, 0.717) is 16.6 Å². The van der Waals surface area contributed by atoms with Gasteiger partial charge in [-0.05, 0) is 19.1 Å². The van der Waals surface area contributed by atoms with E-state index >= 15 is 0 Å². The van der Waals surface area contributed by atoms with Gasteiger partial charge in [-0.2, -0.15) is 0 Å². The maximum Gasteiger partial charge on any atom is 0.180 e. The number of rotatable bonds is 2. The van der Waals surface area contributed by atoms with Crippen LogP contribution in [0.2, 0.25) is 5.15 Å². The van der Waals surface area contributed by atoms with Crippen molar-refractivity contribution < 1.29 is 4.74 Å². The Labute approximate surface area is 114 Å². The second kappa shape index (κ2) is 4.51. The van der Waals surface area contributed by atoms with Crippen molar-refractivity contribution in [3.05, 3.63) is 41.3 Å². The van der Waals surface area contributed by atoms with Gasteiger partial charge in [0, 0.05) is 0 Å². The maximum absolute atomic E-state index is 6.17. The van der Waals surface area contributed by atoms with Gasteiger partial charge in [0.05, 0.1) is 25.1 Å². The number of nitrogens with zero attached hydrogens (tertiary/aromatic N) is 4. The lowest BCUT2D eigenvalue weighted by atomic mass is 10.1. The molecule has 1 aromatic carbocycles. The summed E-state index contributed by atoms with van der Waals surface area (Å²) in [5.41, 5.74) is 2.56. The number of benzene rings is 1. The molecule has 0 N–H and O–H groups in total. The largest absolute Gasteiger partial charge is 0.496 e. The summed E-state index contributed by atoms with van der Waals surface area (Å²) in [5.74, 6) is 1.37. The smallest absolute Gasteiger partial charge is 0.180 e. The number of ether oxygens (including phenoxy) is 1. The molecule has 5 nitrogen and oxygen atoms in total. The number of aromatic nitrogens is 4. The van der Waals surface area contributed by atoms with Crippen molar-refractivity contribution in [2.75, 3.05) is 7.11 Å². The third-order valence-electron chi connectivity index (χ3n) is 2.87. The zero-order valence-corrected chi connectivity index (χ0v) is 11.2. The summed E-state index contributed by atoms with van der Waals surface area (Å²) in [4.78, 5) is 3.99. The van der Waals surface area contributed by atoms with Crippen LogP contribution < -0.4 is 4.74 Å². The fourth-order valence-electron chi connectivity index (χ4n) is 1.98. The first-order valence-corrected chi connectivity index (χ1v) is 6.08. The number of hydrogen-bond acceptors (Lipinski definition) is 4. The van der Waals surface area contributed by atoms with Crippen LogP contribution in [0.3, 0.4) is 0 Å². The molecule has 0 saturated carbocycles. The summed E-state index contributed by atoms with van der Waals surface area (Å²) in [5, 5.41) is 8.72. The lowest BCUT2D eigenvalue weighted by Gasteiger charge is -2.08. The molecule has 0 aliphatic rings. The first-order valence-electron chi connectivity index (χ1n) is 5.70. The van der Waals surface area contributed by atoms with Crippen LogP contribution in [0, 0.1) is 6.92 Å². The molecule has 0 amide bonds. The monoisotopic (exact) mass is 274 g/mol. The highest BCUT2D eigenvalue weighted by molar-refractivity contribution is 6.29. The van der Waals surface area contributed by atoms with Gasteiger partial charge in [0.1, 0.15) is 10.9 Å². The van der Waals surface area contributed by atoms with E-state index in [2.05, 4.69) is 15.2 Å². The highest BCUT2D eigenvalue weighted by Crippen LogP contribution is 2.30. The average molecular weight is 275 g/mol. The molecule has 0 atom stereocenters. The van der Waals surface area contributed by atoms with E-state index in [1.165, 1.54) is 0 Å². The van der Waals surface area contributed by atoms with Crippen molar-refractivity contribution in [2.45, 2.75) is 6.92 Å². The molecule has 0 radical (unpaired) electrons. The minimum atomic E-state index is 0.459. The molecule has 0 aliphatic carbocycles. The summed E-state index contributed by atoms with van der Waals surface area (Å²) in [7, 11) is 1.63. The molecular formula is C13H11ClN4O. The number of methoxy groups -OCH3 is 1. The van der Waals surface area contributed by atoms with Gasteiger partial charge in [-0.3, -0.25) is 9.38 Å². The van der Waals surface area contributed by atoms with Crippen LogP contribution in [0.1, 0.15) is 5.56 Å². The van der Waals surface area contributed by atoms with Crippen LogP contribution in [0.25, 0.3) is 17.0 Å². The van der Waals surface area contributed by atoms with E-state index in [9.17, 15) is 0 Å². The third-order valence-corrected chi connectivity index (χ3v) is 3.14. The van der Waals surface area contributed by atoms with Crippen LogP contribution in [-0.4, -0.2) is 26.7 Å². The van der Waals surface area contributed by atoms with Gasteiger partial charge in [0.2, 0.25) is 0 Å². The van der Waals surface area contributed by atoms with Crippen molar-refractivity contribution in [3.8, 4) is 17.1 Å². The van der Waals surface area contributed by atoms with E-state index in [1.807, 2.05) is 25.1 Å². The van der Waals surface area contributed by atoms with Crippen molar-refractivity contribution in [2.24, 2.45) is 0 Å². The van der Waals surface area contributed by atoms with Crippen LogP contribution in [0.4, 0.5) is 0 Å². The Morgan fingerprint density at radius 3 is 2.84 bits per heavy atom. The van der Waals surface area contributed by atoms with Crippen LogP contribution in [0.5, 0.6) is 5.75 Å². The summed E-state index contributed by atoms with van der Waals surface area (Å²) < 4.78 is 7.12. The SMILES string of the molecule is COc1ccc(C)cc1-c1nnc2cncc(Cl)n12. The lowest BCUT2D eigenvalue weighted by Crippen LogP contribution is -1.95. The average Bonchev–Trinajstić information content (AvgIpc) is 2.84. The fourth-order valence-corrected chi connectivity index (χ4v) is 2.21. The quantitative estimate of drug-likeness (QED) is 0.721. The molecule has 0 saturated heterocycles. The van der Waals surface area contributed by atoms with Crippen molar-refractivity contribution in [1.29, 1.82) is 0 Å². The Kier molecular flexibility index (Phi) is 2.83. The predicted molar refractivity (Wildman–Crippen MR) is 72.5 cm³/mol. The molecule has 19 heavy (non-hydrogen) atoms. The Bertz CT molecular complexity index is 753. The molecule has 96 valence electrons. The molecule has 6 heteroatoms. The Morgan fingerprint density at radius 1 is 1.21 bits per heavy atom.